The second-order valence-corrected chi connectivity index (χ2v) is 6.34. The first-order chi connectivity index (χ1) is 8.28. The van der Waals surface area contributed by atoms with Gasteiger partial charge in [-0.3, -0.25) is 0 Å². The first kappa shape index (κ1) is 13.0. The molecule has 94 valence electrons. The molecule has 1 aromatic rings. The van der Waals surface area contributed by atoms with Crippen LogP contribution in [0.5, 0.6) is 0 Å². The van der Waals surface area contributed by atoms with Crippen LogP contribution in [-0.4, -0.2) is 23.6 Å². The van der Waals surface area contributed by atoms with E-state index in [0.717, 1.165) is 6.42 Å². The Morgan fingerprint density at radius 3 is 2.53 bits per heavy atom. The Morgan fingerprint density at radius 1 is 1.29 bits per heavy atom. The van der Waals surface area contributed by atoms with Crippen LogP contribution in [0, 0.1) is 0 Å². The molecule has 0 aliphatic heterocycles. The molecule has 0 bridgehead atoms. The quantitative estimate of drug-likeness (QED) is 0.794. The maximum absolute atomic E-state index is 3.75. The molecule has 1 aliphatic carbocycles. The normalized spacial score (nSPS) is 18.9. The summed E-state index contributed by atoms with van der Waals surface area (Å²) in [6, 6.07) is 11.4. The van der Waals surface area contributed by atoms with Gasteiger partial charge in [0.2, 0.25) is 0 Å². The lowest BCUT2D eigenvalue weighted by molar-refractivity contribution is 0.490. The second-order valence-electron chi connectivity index (χ2n) is 5.06. The van der Waals surface area contributed by atoms with Crippen LogP contribution in [-0.2, 0) is 6.42 Å². The molecule has 0 radical (unpaired) electrons. The molecule has 1 fully saturated rings. The number of rotatable bonds is 7. The summed E-state index contributed by atoms with van der Waals surface area (Å²) in [5, 5.41) is 3.75. The Bertz CT molecular complexity index is 332. The first-order valence-electron chi connectivity index (χ1n) is 6.60. The predicted molar refractivity (Wildman–Crippen MR) is 77.7 cm³/mol. The maximum atomic E-state index is 3.75. The van der Waals surface area contributed by atoms with Crippen molar-refractivity contribution in [3.63, 3.8) is 0 Å². The summed E-state index contributed by atoms with van der Waals surface area (Å²) in [4.78, 5) is 0. The number of hydrogen-bond acceptors (Lipinski definition) is 2. The molecule has 0 saturated heterocycles. The van der Waals surface area contributed by atoms with E-state index in [4.69, 9.17) is 0 Å². The molecule has 0 spiro atoms. The molecule has 1 saturated carbocycles. The van der Waals surface area contributed by atoms with Crippen molar-refractivity contribution in [1.82, 2.24) is 5.32 Å². The molecular formula is C15H23NS. The van der Waals surface area contributed by atoms with Gasteiger partial charge in [-0.2, -0.15) is 11.8 Å². The van der Waals surface area contributed by atoms with Crippen LogP contribution in [0.1, 0.15) is 31.7 Å². The van der Waals surface area contributed by atoms with Gasteiger partial charge in [0.15, 0.2) is 0 Å². The summed E-state index contributed by atoms with van der Waals surface area (Å²) >= 11 is 2.03. The third-order valence-electron chi connectivity index (χ3n) is 3.77. The van der Waals surface area contributed by atoms with Gasteiger partial charge in [-0.25, -0.2) is 0 Å². The molecule has 1 unspecified atom stereocenters. The lowest BCUT2D eigenvalue weighted by Crippen LogP contribution is -2.36. The van der Waals surface area contributed by atoms with Crippen LogP contribution < -0.4 is 5.32 Å². The van der Waals surface area contributed by atoms with Crippen molar-refractivity contribution in [2.24, 2.45) is 0 Å². The third kappa shape index (κ3) is 3.75. The molecule has 1 N–H and O–H groups in total. The van der Waals surface area contributed by atoms with E-state index in [1.54, 1.807) is 0 Å². The van der Waals surface area contributed by atoms with Gasteiger partial charge < -0.3 is 5.32 Å². The van der Waals surface area contributed by atoms with Crippen LogP contribution in [0.4, 0.5) is 0 Å². The van der Waals surface area contributed by atoms with Crippen molar-refractivity contribution in [3.8, 4) is 0 Å². The standard InChI is InChI=1S/C15H23NS/c1-3-14(11-13-7-5-4-6-8-13)16-12-15(17-2)9-10-15/h4-8,14,16H,3,9-12H2,1-2H3. The van der Waals surface area contributed by atoms with Gasteiger partial charge in [-0.15, -0.1) is 0 Å². The molecule has 2 heteroatoms. The Morgan fingerprint density at radius 2 is 2.00 bits per heavy atom. The van der Waals surface area contributed by atoms with E-state index in [2.05, 4.69) is 48.8 Å². The fourth-order valence-electron chi connectivity index (χ4n) is 2.18. The molecule has 1 aromatic carbocycles. The van der Waals surface area contributed by atoms with Gasteiger partial charge in [0.25, 0.3) is 0 Å². The Hall–Kier alpha value is -0.470. The van der Waals surface area contributed by atoms with Gasteiger partial charge in [-0.1, -0.05) is 37.3 Å². The van der Waals surface area contributed by atoms with E-state index in [-0.39, 0.29) is 0 Å². The Kier molecular flexibility index (Phi) is 4.52. The van der Waals surface area contributed by atoms with Gasteiger partial charge in [0.1, 0.15) is 0 Å². The largest absolute Gasteiger partial charge is 0.312 e. The Balaban J connectivity index is 1.81. The van der Waals surface area contributed by atoms with Crippen molar-refractivity contribution in [3.05, 3.63) is 35.9 Å². The van der Waals surface area contributed by atoms with Crippen LogP contribution >= 0.6 is 11.8 Å². The molecule has 2 rings (SSSR count). The SMILES string of the molecule is CCC(Cc1ccccc1)NCC1(SC)CC1. The Labute approximate surface area is 109 Å². The molecular weight excluding hydrogens is 226 g/mol. The highest BCUT2D eigenvalue weighted by molar-refractivity contribution is 8.00. The fourth-order valence-corrected chi connectivity index (χ4v) is 2.92. The average Bonchev–Trinajstić information content (AvgIpc) is 3.16. The van der Waals surface area contributed by atoms with Crippen molar-refractivity contribution in [1.29, 1.82) is 0 Å². The van der Waals surface area contributed by atoms with Crippen LogP contribution in [0.2, 0.25) is 0 Å². The van der Waals surface area contributed by atoms with Crippen LogP contribution in [0.25, 0.3) is 0 Å². The van der Waals surface area contributed by atoms with Gasteiger partial charge in [0.05, 0.1) is 0 Å². The van der Waals surface area contributed by atoms with Crippen LogP contribution in [0.3, 0.4) is 0 Å². The highest BCUT2D eigenvalue weighted by atomic mass is 32.2. The van der Waals surface area contributed by atoms with E-state index >= 15 is 0 Å². The predicted octanol–water partition coefficient (Wildman–Crippen LogP) is 3.49. The summed E-state index contributed by atoms with van der Waals surface area (Å²) in [6.45, 7) is 3.46. The highest BCUT2D eigenvalue weighted by Gasteiger charge is 2.41. The molecule has 17 heavy (non-hydrogen) atoms. The first-order valence-corrected chi connectivity index (χ1v) is 7.83. The summed E-state index contributed by atoms with van der Waals surface area (Å²) in [7, 11) is 0. The minimum absolute atomic E-state index is 0.574. The fraction of sp³-hybridized carbons (Fsp3) is 0.600. The molecule has 0 heterocycles. The summed E-state index contributed by atoms with van der Waals surface area (Å²) in [5.41, 5.74) is 1.45. The maximum Gasteiger partial charge on any atom is 0.0282 e. The van der Waals surface area contributed by atoms with Gasteiger partial charge in [0, 0.05) is 17.3 Å². The summed E-state index contributed by atoms with van der Waals surface area (Å²) < 4.78 is 0.574. The van der Waals surface area contributed by atoms with Crippen molar-refractivity contribution in [2.45, 2.75) is 43.4 Å². The zero-order valence-electron chi connectivity index (χ0n) is 10.9. The number of nitrogens with one attached hydrogen (secondary N) is 1. The van der Waals surface area contributed by atoms with E-state index in [0.29, 0.717) is 10.8 Å². The smallest absolute Gasteiger partial charge is 0.0282 e. The minimum Gasteiger partial charge on any atom is -0.312 e. The number of hydrogen-bond donors (Lipinski definition) is 1. The summed E-state index contributed by atoms with van der Waals surface area (Å²) in [5.74, 6) is 0. The van der Waals surface area contributed by atoms with E-state index in [9.17, 15) is 0 Å². The van der Waals surface area contributed by atoms with E-state index in [1.807, 2.05) is 11.8 Å². The zero-order chi connectivity index (χ0) is 12.1. The molecule has 1 aliphatic rings. The average molecular weight is 249 g/mol. The van der Waals surface area contributed by atoms with Crippen molar-refractivity contribution in [2.75, 3.05) is 12.8 Å². The van der Waals surface area contributed by atoms with Crippen LogP contribution in [0.15, 0.2) is 30.3 Å². The van der Waals surface area contributed by atoms with E-state index in [1.165, 1.54) is 31.4 Å². The zero-order valence-corrected chi connectivity index (χ0v) is 11.7. The van der Waals surface area contributed by atoms with Gasteiger partial charge >= 0.3 is 0 Å². The van der Waals surface area contributed by atoms with Gasteiger partial charge in [-0.05, 0) is 37.5 Å². The molecule has 1 nitrogen and oxygen atoms in total. The highest BCUT2D eigenvalue weighted by Crippen LogP contribution is 2.46. The molecule has 1 atom stereocenters. The van der Waals surface area contributed by atoms with E-state index < -0.39 is 0 Å². The third-order valence-corrected chi connectivity index (χ3v) is 5.19. The second kappa shape index (κ2) is 5.92. The molecule has 0 aromatic heterocycles. The summed E-state index contributed by atoms with van der Waals surface area (Å²) in [6.07, 6.45) is 7.39. The monoisotopic (exact) mass is 249 g/mol. The number of thioether (sulfide) groups is 1. The lowest BCUT2D eigenvalue weighted by atomic mass is 10.0. The lowest BCUT2D eigenvalue weighted by Gasteiger charge is -2.21. The van der Waals surface area contributed by atoms with Crippen molar-refractivity contribution < 1.29 is 0 Å². The molecule has 0 amide bonds. The topological polar surface area (TPSA) is 12.0 Å². The van der Waals surface area contributed by atoms with Crippen molar-refractivity contribution >= 4 is 11.8 Å². The minimum atomic E-state index is 0.574. The number of benzene rings is 1.